The van der Waals surface area contributed by atoms with E-state index in [0.717, 1.165) is 0 Å². The van der Waals surface area contributed by atoms with Crippen LogP contribution in [0.15, 0.2) is 35.6 Å². The Hall–Kier alpha value is -3.10. The van der Waals surface area contributed by atoms with Gasteiger partial charge in [0.2, 0.25) is 0 Å². The molecule has 0 saturated heterocycles. The van der Waals surface area contributed by atoms with E-state index in [4.69, 9.17) is 9.47 Å². The zero-order valence-corrected chi connectivity index (χ0v) is 18.9. The lowest BCUT2D eigenvalue weighted by Gasteiger charge is -2.06. The van der Waals surface area contributed by atoms with E-state index in [1.54, 1.807) is 51.8 Å². The number of carbonyl (C=O) groups is 4. The molecule has 0 aliphatic rings. The van der Waals surface area contributed by atoms with Crippen molar-refractivity contribution in [2.75, 3.05) is 40.5 Å². The maximum Gasteiger partial charge on any atom is 0.345 e. The van der Waals surface area contributed by atoms with Gasteiger partial charge in [0.25, 0.3) is 0 Å². The highest BCUT2D eigenvalue weighted by Crippen LogP contribution is 2.03. The molecule has 0 fully saturated rings. The Morgan fingerprint density at radius 2 is 1.00 bits per heavy atom. The average molecular weight is 427 g/mol. The van der Waals surface area contributed by atoms with E-state index in [9.17, 15) is 19.2 Å². The summed E-state index contributed by atoms with van der Waals surface area (Å²) < 4.78 is 18.9. The molecule has 0 aromatic rings. The van der Waals surface area contributed by atoms with Crippen molar-refractivity contribution in [3.05, 3.63) is 35.6 Å². The van der Waals surface area contributed by atoms with Crippen LogP contribution >= 0.6 is 0 Å². The third-order valence-electron chi connectivity index (χ3n) is 2.92. The summed E-state index contributed by atoms with van der Waals surface area (Å²) in [5.41, 5.74) is -0.157. The lowest BCUT2D eigenvalue weighted by Crippen LogP contribution is -2.18. The number of hydrogen-bond donors (Lipinski definition) is 0. The first-order chi connectivity index (χ1) is 14.2. The van der Waals surface area contributed by atoms with Crippen LogP contribution in [0.2, 0.25) is 0 Å². The first kappa shape index (κ1) is 29.1. The molecule has 0 heterocycles. The molecular weight excluding hydrogens is 394 g/mol. The summed E-state index contributed by atoms with van der Waals surface area (Å²) in [6.45, 7) is 9.22. The maximum absolute atomic E-state index is 11.5. The van der Waals surface area contributed by atoms with Gasteiger partial charge in [0.1, 0.15) is 11.1 Å². The van der Waals surface area contributed by atoms with Crippen LogP contribution in [-0.4, -0.2) is 69.3 Å². The third-order valence-corrected chi connectivity index (χ3v) is 2.92. The molecule has 0 N–H and O–H groups in total. The van der Waals surface area contributed by atoms with Crippen molar-refractivity contribution in [2.24, 2.45) is 0 Å². The van der Waals surface area contributed by atoms with Gasteiger partial charge in [-0.2, -0.15) is 0 Å². The summed E-state index contributed by atoms with van der Waals surface area (Å²) in [7, 11) is 3.66. The van der Waals surface area contributed by atoms with Gasteiger partial charge in [-0.1, -0.05) is 6.08 Å². The minimum Gasteiger partial charge on any atom is -0.462 e. The number of ether oxygens (including phenoxy) is 4. The monoisotopic (exact) mass is 427 g/mol. The highest BCUT2D eigenvalue weighted by molar-refractivity contribution is 6.14. The fraction of sp³-hybridized carbons (Fsp3) is 0.524. The summed E-state index contributed by atoms with van der Waals surface area (Å²) in [6.07, 6.45) is 6.06. The van der Waals surface area contributed by atoms with E-state index in [0.29, 0.717) is 0 Å². The molecule has 9 heteroatoms. The van der Waals surface area contributed by atoms with E-state index in [-0.39, 0.29) is 37.6 Å². The number of rotatable bonds is 10. The minimum absolute atomic E-state index is 0.0521. The number of hydrogen-bond acceptors (Lipinski definition) is 9. The van der Waals surface area contributed by atoms with Crippen molar-refractivity contribution >= 4 is 23.9 Å². The Morgan fingerprint density at radius 3 is 1.27 bits per heavy atom. The predicted molar refractivity (Wildman–Crippen MR) is 111 cm³/mol. The quantitative estimate of drug-likeness (QED) is 0.129. The molecule has 0 spiro atoms. The second-order valence-corrected chi connectivity index (χ2v) is 5.47. The second-order valence-electron chi connectivity index (χ2n) is 5.47. The maximum atomic E-state index is 11.5. The van der Waals surface area contributed by atoms with Crippen LogP contribution in [0.1, 0.15) is 34.6 Å². The van der Waals surface area contributed by atoms with E-state index >= 15 is 0 Å². The molecule has 0 atom stereocenters. The summed E-state index contributed by atoms with van der Waals surface area (Å²) in [5.74, 6) is -2.62. The summed E-state index contributed by atoms with van der Waals surface area (Å²) >= 11 is 0. The van der Waals surface area contributed by atoms with Crippen LogP contribution in [0.5, 0.6) is 0 Å². The Labute approximate surface area is 178 Å². The lowest BCUT2D eigenvalue weighted by atomic mass is 10.2. The van der Waals surface area contributed by atoms with Crippen LogP contribution in [0.25, 0.3) is 0 Å². The summed E-state index contributed by atoms with van der Waals surface area (Å²) in [4.78, 5) is 47.0. The van der Waals surface area contributed by atoms with Gasteiger partial charge >= 0.3 is 23.9 Å². The van der Waals surface area contributed by atoms with Crippen molar-refractivity contribution in [1.82, 2.24) is 4.90 Å². The molecule has 170 valence electrons. The molecule has 0 aromatic carbocycles. The number of allylic oxidation sites excluding steroid dienone is 3. The van der Waals surface area contributed by atoms with E-state index in [1.165, 1.54) is 12.2 Å². The van der Waals surface area contributed by atoms with Crippen LogP contribution < -0.4 is 0 Å². The van der Waals surface area contributed by atoms with Crippen molar-refractivity contribution in [3.8, 4) is 0 Å². The number of nitrogens with zero attached hydrogens (tertiary/aromatic N) is 1. The standard InChI is InChI=1S/C12H19NO4.C9H14O4/c1-5-16-11(14)10(12(15)17-6-2)8-7-9-13(3)4;1-4-7(8(10)12-5-2)9(11)13-6-3/h7-9H,5-6H2,1-4H3;4H,5-6H2,1-3H3/b9-7+;. The first-order valence-corrected chi connectivity index (χ1v) is 9.59. The highest BCUT2D eigenvalue weighted by atomic mass is 16.6. The third kappa shape index (κ3) is 13.1. The minimum atomic E-state index is -0.672. The van der Waals surface area contributed by atoms with Crippen LogP contribution in [-0.2, 0) is 38.1 Å². The average Bonchev–Trinajstić information content (AvgIpc) is 2.67. The van der Waals surface area contributed by atoms with E-state index in [1.807, 2.05) is 14.1 Å². The zero-order chi connectivity index (χ0) is 23.5. The van der Waals surface area contributed by atoms with Gasteiger partial charge in [0.05, 0.1) is 26.4 Å². The summed E-state index contributed by atoms with van der Waals surface area (Å²) in [6, 6.07) is 0. The van der Waals surface area contributed by atoms with Crippen LogP contribution in [0, 0.1) is 0 Å². The molecule has 0 amide bonds. The largest absolute Gasteiger partial charge is 0.462 e. The fourth-order valence-electron chi connectivity index (χ4n) is 1.69. The zero-order valence-electron chi connectivity index (χ0n) is 18.9. The molecule has 0 saturated carbocycles. The lowest BCUT2D eigenvalue weighted by molar-refractivity contribution is -0.148. The molecule has 0 radical (unpaired) electrons. The van der Waals surface area contributed by atoms with Crippen LogP contribution in [0.4, 0.5) is 0 Å². The smallest absolute Gasteiger partial charge is 0.345 e. The van der Waals surface area contributed by atoms with Crippen molar-refractivity contribution in [3.63, 3.8) is 0 Å². The van der Waals surface area contributed by atoms with Crippen molar-refractivity contribution in [2.45, 2.75) is 34.6 Å². The molecular formula is C21H33NO8. The van der Waals surface area contributed by atoms with Crippen LogP contribution in [0.3, 0.4) is 0 Å². The SMILES string of the molecule is CC=C(C(=O)OCC)C(=O)OCC.CCOC(=O)C(=C/C=C/N(C)C)C(=O)OCC. The van der Waals surface area contributed by atoms with E-state index < -0.39 is 23.9 Å². The molecule has 9 nitrogen and oxygen atoms in total. The summed E-state index contributed by atoms with van der Waals surface area (Å²) in [5, 5.41) is 0. The topological polar surface area (TPSA) is 108 Å². The Balaban J connectivity index is 0. The van der Waals surface area contributed by atoms with Gasteiger partial charge in [-0.15, -0.1) is 0 Å². The molecule has 0 aromatic heterocycles. The van der Waals surface area contributed by atoms with Crippen molar-refractivity contribution < 1.29 is 38.1 Å². The van der Waals surface area contributed by atoms with Gasteiger partial charge < -0.3 is 23.8 Å². The fourth-order valence-corrected chi connectivity index (χ4v) is 1.69. The molecule has 0 bridgehead atoms. The molecule has 0 aliphatic carbocycles. The van der Waals surface area contributed by atoms with Gasteiger partial charge in [0, 0.05) is 14.1 Å². The molecule has 30 heavy (non-hydrogen) atoms. The van der Waals surface area contributed by atoms with E-state index in [2.05, 4.69) is 9.47 Å². The second kappa shape index (κ2) is 18.0. The van der Waals surface area contributed by atoms with Gasteiger partial charge in [0.15, 0.2) is 0 Å². The van der Waals surface area contributed by atoms with Gasteiger partial charge in [-0.25, -0.2) is 19.2 Å². The Morgan fingerprint density at radius 1 is 0.667 bits per heavy atom. The molecule has 0 aliphatic heterocycles. The number of esters is 4. The highest BCUT2D eigenvalue weighted by Gasteiger charge is 2.20. The molecule has 0 unspecified atom stereocenters. The van der Waals surface area contributed by atoms with Gasteiger partial charge in [-0.3, -0.25) is 0 Å². The Kier molecular flexibility index (Phi) is 17.4. The van der Waals surface area contributed by atoms with Gasteiger partial charge in [-0.05, 0) is 53.0 Å². The predicted octanol–water partition coefficient (Wildman–Crippen LogP) is 2.17. The van der Waals surface area contributed by atoms with Crippen molar-refractivity contribution in [1.29, 1.82) is 0 Å². The first-order valence-electron chi connectivity index (χ1n) is 9.59. The normalized spacial score (nSPS) is 9.43. The molecule has 0 rings (SSSR count). The Bertz CT molecular complexity index is 607. The number of carbonyl (C=O) groups excluding carboxylic acids is 4.